The van der Waals surface area contributed by atoms with Gasteiger partial charge in [-0.15, -0.1) is 0 Å². The Bertz CT molecular complexity index is 567. The van der Waals surface area contributed by atoms with E-state index in [9.17, 15) is 4.79 Å². The number of nitrogens with zero attached hydrogens (tertiary/aromatic N) is 2. The number of nitrogens with one attached hydrogen (secondary N) is 1. The first-order chi connectivity index (χ1) is 9.81. The van der Waals surface area contributed by atoms with Crippen molar-refractivity contribution in [2.45, 2.75) is 25.7 Å². The third kappa shape index (κ3) is 3.91. The van der Waals surface area contributed by atoms with E-state index in [2.05, 4.69) is 20.3 Å². The third-order valence-electron chi connectivity index (χ3n) is 3.15. The SMILES string of the molecule is COC(=O)CCCCCNc1cnnc2ccccc12. The van der Waals surface area contributed by atoms with Gasteiger partial charge in [0.15, 0.2) is 0 Å². The molecule has 1 heterocycles. The highest BCUT2D eigenvalue weighted by Gasteiger charge is 2.02. The van der Waals surface area contributed by atoms with E-state index in [1.807, 2.05) is 24.3 Å². The lowest BCUT2D eigenvalue weighted by Gasteiger charge is -2.08. The molecule has 1 N–H and O–H groups in total. The van der Waals surface area contributed by atoms with E-state index in [1.54, 1.807) is 6.20 Å². The number of esters is 1. The summed E-state index contributed by atoms with van der Waals surface area (Å²) in [4.78, 5) is 11.0. The van der Waals surface area contributed by atoms with Crippen LogP contribution in [0.15, 0.2) is 30.5 Å². The van der Waals surface area contributed by atoms with Crippen LogP contribution in [0.25, 0.3) is 10.9 Å². The Morgan fingerprint density at radius 1 is 1.25 bits per heavy atom. The average Bonchev–Trinajstić information content (AvgIpc) is 2.50. The third-order valence-corrected chi connectivity index (χ3v) is 3.15. The van der Waals surface area contributed by atoms with Gasteiger partial charge in [0, 0.05) is 18.4 Å². The van der Waals surface area contributed by atoms with Gasteiger partial charge in [-0.3, -0.25) is 4.79 Å². The van der Waals surface area contributed by atoms with Crippen LogP contribution in [0.1, 0.15) is 25.7 Å². The highest BCUT2D eigenvalue weighted by atomic mass is 16.5. The van der Waals surface area contributed by atoms with E-state index < -0.39 is 0 Å². The summed E-state index contributed by atoms with van der Waals surface area (Å²) in [7, 11) is 1.42. The Hall–Kier alpha value is -2.17. The van der Waals surface area contributed by atoms with Crippen LogP contribution in [-0.2, 0) is 9.53 Å². The van der Waals surface area contributed by atoms with Crippen molar-refractivity contribution in [3.05, 3.63) is 30.5 Å². The summed E-state index contributed by atoms with van der Waals surface area (Å²) in [6.07, 6.45) is 5.11. The lowest BCUT2D eigenvalue weighted by Crippen LogP contribution is -2.04. The number of unbranched alkanes of at least 4 members (excludes halogenated alkanes) is 2. The Morgan fingerprint density at radius 3 is 2.95 bits per heavy atom. The smallest absolute Gasteiger partial charge is 0.305 e. The van der Waals surface area contributed by atoms with Crippen molar-refractivity contribution in [1.82, 2.24) is 10.2 Å². The molecule has 1 aromatic heterocycles. The number of carbonyl (C=O) groups is 1. The van der Waals surface area contributed by atoms with Gasteiger partial charge in [-0.05, 0) is 18.9 Å². The number of anilines is 1. The van der Waals surface area contributed by atoms with Crippen molar-refractivity contribution in [2.75, 3.05) is 19.0 Å². The topological polar surface area (TPSA) is 64.1 Å². The van der Waals surface area contributed by atoms with Crippen molar-refractivity contribution in [3.8, 4) is 0 Å². The van der Waals surface area contributed by atoms with E-state index in [4.69, 9.17) is 0 Å². The van der Waals surface area contributed by atoms with Gasteiger partial charge >= 0.3 is 5.97 Å². The first kappa shape index (κ1) is 14.2. The normalized spacial score (nSPS) is 10.4. The van der Waals surface area contributed by atoms with Gasteiger partial charge in [-0.1, -0.05) is 24.6 Å². The molecule has 5 nitrogen and oxygen atoms in total. The predicted octanol–water partition coefficient (Wildman–Crippen LogP) is 2.78. The summed E-state index contributed by atoms with van der Waals surface area (Å²) in [6, 6.07) is 7.92. The Kier molecular flexibility index (Phi) is 5.29. The molecule has 0 saturated heterocycles. The van der Waals surface area contributed by atoms with Gasteiger partial charge in [0.2, 0.25) is 0 Å². The zero-order chi connectivity index (χ0) is 14.2. The zero-order valence-corrected chi connectivity index (χ0v) is 11.6. The Morgan fingerprint density at radius 2 is 2.10 bits per heavy atom. The van der Waals surface area contributed by atoms with Crippen LogP contribution >= 0.6 is 0 Å². The van der Waals surface area contributed by atoms with Crippen molar-refractivity contribution in [2.24, 2.45) is 0 Å². The zero-order valence-electron chi connectivity index (χ0n) is 11.6. The van der Waals surface area contributed by atoms with E-state index in [0.717, 1.165) is 42.4 Å². The summed E-state index contributed by atoms with van der Waals surface area (Å²) in [5, 5.41) is 12.5. The number of aromatic nitrogens is 2. The second-order valence-electron chi connectivity index (χ2n) is 4.59. The molecule has 0 unspecified atom stereocenters. The maximum Gasteiger partial charge on any atom is 0.305 e. The Labute approximate surface area is 118 Å². The minimum Gasteiger partial charge on any atom is -0.469 e. The number of carbonyl (C=O) groups excluding carboxylic acids is 1. The summed E-state index contributed by atoms with van der Waals surface area (Å²) in [5.74, 6) is -0.137. The first-order valence-electron chi connectivity index (χ1n) is 6.82. The monoisotopic (exact) mass is 273 g/mol. The molecule has 5 heteroatoms. The molecule has 0 aliphatic rings. The van der Waals surface area contributed by atoms with Crippen molar-refractivity contribution in [3.63, 3.8) is 0 Å². The molecule has 20 heavy (non-hydrogen) atoms. The molecule has 0 radical (unpaired) electrons. The number of rotatable bonds is 7. The van der Waals surface area contributed by atoms with Crippen LogP contribution in [0.2, 0.25) is 0 Å². The number of methoxy groups -OCH3 is 1. The minimum atomic E-state index is -0.137. The van der Waals surface area contributed by atoms with Crippen molar-refractivity contribution < 1.29 is 9.53 Å². The molecule has 2 rings (SSSR count). The van der Waals surface area contributed by atoms with Gasteiger partial charge in [-0.25, -0.2) is 0 Å². The van der Waals surface area contributed by atoms with Crippen LogP contribution < -0.4 is 5.32 Å². The van der Waals surface area contributed by atoms with E-state index in [1.165, 1.54) is 7.11 Å². The molecule has 0 spiro atoms. The highest BCUT2D eigenvalue weighted by molar-refractivity contribution is 5.90. The fraction of sp³-hybridized carbons (Fsp3) is 0.400. The number of ether oxygens (including phenoxy) is 1. The molecule has 0 amide bonds. The number of benzene rings is 1. The van der Waals surface area contributed by atoms with Crippen molar-refractivity contribution >= 4 is 22.6 Å². The Balaban J connectivity index is 1.77. The van der Waals surface area contributed by atoms with Crippen LogP contribution in [0.4, 0.5) is 5.69 Å². The fourth-order valence-electron chi connectivity index (χ4n) is 2.04. The first-order valence-corrected chi connectivity index (χ1v) is 6.82. The molecule has 0 saturated carbocycles. The van der Waals surface area contributed by atoms with Crippen LogP contribution in [0, 0.1) is 0 Å². The number of hydrogen-bond donors (Lipinski definition) is 1. The standard InChI is InChI=1S/C15H19N3O2/c1-20-15(19)9-3-2-6-10-16-14-11-17-18-13-8-5-4-7-12(13)14/h4-5,7-8,11H,2-3,6,9-10H2,1H3,(H,16,18). The van der Waals surface area contributed by atoms with E-state index >= 15 is 0 Å². The maximum absolute atomic E-state index is 11.0. The minimum absolute atomic E-state index is 0.137. The van der Waals surface area contributed by atoms with Gasteiger partial charge < -0.3 is 10.1 Å². The molecule has 0 aliphatic heterocycles. The summed E-state index contributed by atoms with van der Waals surface area (Å²) >= 11 is 0. The van der Waals surface area contributed by atoms with Crippen LogP contribution in [-0.4, -0.2) is 29.8 Å². The van der Waals surface area contributed by atoms with E-state index in [0.29, 0.717) is 6.42 Å². The average molecular weight is 273 g/mol. The van der Waals surface area contributed by atoms with Crippen LogP contribution in [0.3, 0.4) is 0 Å². The fourth-order valence-corrected chi connectivity index (χ4v) is 2.04. The van der Waals surface area contributed by atoms with Gasteiger partial charge in [0.1, 0.15) is 0 Å². The second-order valence-corrected chi connectivity index (χ2v) is 4.59. The number of fused-ring (bicyclic) bond motifs is 1. The summed E-state index contributed by atoms with van der Waals surface area (Å²) in [6.45, 7) is 0.858. The van der Waals surface area contributed by atoms with E-state index in [-0.39, 0.29) is 5.97 Å². The quantitative estimate of drug-likeness (QED) is 0.620. The summed E-state index contributed by atoms with van der Waals surface area (Å²) in [5.41, 5.74) is 1.90. The molecule has 0 bridgehead atoms. The second kappa shape index (κ2) is 7.43. The molecule has 0 aliphatic carbocycles. The largest absolute Gasteiger partial charge is 0.469 e. The van der Waals surface area contributed by atoms with Gasteiger partial charge in [0.05, 0.1) is 24.5 Å². The van der Waals surface area contributed by atoms with Crippen LogP contribution in [0.5, 0.6) is 0 Å². The lowest BCUT2D eigenvalue weighted by molar-refractivity contribution is -0.140. The highest BCUT2D eigenvalue weighted by Crippen LogP contribution is 2.19. The van der Waals surface area contributed by atoms with Gasteiger partial charge in [-0.2, -0.15) is 10.2 Å². The maximum atomic E-state index is 11.0. The predicted molar refractivity (Wildman–Crippen MR) is 78.5 cm³/mol. The molecule has 2 aromatic rings. The lowest BCUT2D eigenvalue weighted by atomic mass is 10.2. The molecule has 106 valence electrons. The van der Waals surface area contributed by atoms with Gasteiger partial charge in [0.25, 0.3) is 0 Å². The van der Waals surface area contributed by atoms with Crippen molar-refractivity contribution in [1.29, 1.82) is 0 Å². The molecule has 0 fully saturated rings. The molecular formula is C15H19N3O2. The molecule has 1 aromatic carbocycles. The summed E-state index contributed by atoms with van der Waals surface area (Å²) < 4.78 is 4.60. The molecular weight excluding hydrogens is 254 g/mol. The molecule has 0 atom stereocenters. The number of hydrogen-bond acceptors (Lipinski definition) is 5.